The Morgan fingerprint density at radius 1 is 1.55 bits per heavy atom. The number of amides is 1. The number of hydrogen-bond acceptors (Lipinski definition) is 2. The van der Waals surface area contributed by atoms with E-state index in [1.807, 2.05) is 25.1 Å². The molecule has 1 aliphatic carbocycles. The third kappa shape index (κ3) is 3.41. The van der Waals surface area contributed by atoms with Gasteiger partial charge in [-0.05, 0) is 43.0 Å². The van der Waals surface area contributed by atoms with Crippen molar-refractivity contribution in [3.8, 4) is 0 Å². The number of halogens is 1. The van der Waals surface area contributed by atoms with Gasteiger partial charge in [0.05, 0.1) is 13.0 Å². The van der Waals surface area contributed by atoms with Crippen LogP contribution in [0.1, 0.15) is 37.3 Å². The smallest absolute Gasteiger partial charge is 0.224 e. The van der Waals surface area contributed by atoms with E-state index in [1.54, 1.807) is 0 Å². The Bertz CT molecular complexity index is 503. The summed E-state index contributed by atoms with van der Waals surface area (Å²) in [6.07, 6.45) is 3.41. The van der Waals surface area contributed by atoms with Gasteiger partial charge in [0, 0.05) is 15.9 Å². The highest BCUT2D eigenvalue weighted by atomic mass is 79.9. The molecule has 0 bridgehead atoms. The van der Waals surface area contributed by atoms with Gasteiger partial charge in [-0.1, -0.05) is 35.3 Å². The topological polar surface area (TPSA) is 49.3 Å². The minimum atomic E-state index is -0.162. The van der Waals surface area contributed by atoms with Crippen LogP contribution in [0.25, 0.3) is 0 Å². The van der Waals surface area contributed by atoms with Crippen LogP contribution in [0.15, 0.2) is 22.7 Å². The van der Waals surface area contributed by atoms with Crippen molar-refractivity contribution in [1.29, 1.82) is 0 Å². The van der Waals surface area contributed by atoms with Crippen molar-refractivity contribution in [2.75, 3.05) is 6.61 Å². The molecule has 2 rings (SSSR count). The molecule has 2 atom stereocenters. The molecule has 1 aromatic carbocycles. The average molecular weight is 340 g/mol. The largest absolute Gasteiger partial charge is 0.396 e. The summed E-state index contributed by atoms with van der Waals surface area (Å²) < 4.78 is 1.03. The zero-order valence-electron chi connectivity index (χ0n) is 12.1. The van der Waals surface area contributed by atoms with Crippen LogP contribution in [0.5, 0.6) is 0 Å². The molecule has 1 aromatic rings. The lowest BCUT2D eigenvalue weighted by molar-refractivity contribution is -0.122. The standard InChI is InChI=1S/C16H22BrNO2/c1-11-8-13(17)6-5-12(11)9-15(20)18-14-4-3-7-16(14,2)10-19/h5-6,8,14,19H,3-4,7,9-10H2,1-2H3,(H,18,20). The maximum atomic E-state index is 12.2. The quantitative estimate of drug-likeness (QED) is 0.885. The van der Waals surface area contributed by atoms with Gasteiger partial charge < -0.3 is 10.4 Å². The summed E-state index contributed by atoms with van der Waals surface area (Å²) >= 11 is 3.43. The van der Waals surface area contributed by atoms with E-state index in [0.29, 0.717) is 6.42 Å². The van der Waals surface area contributed by atoms with E-state index in [1.165, 1.54) is 0 Å². The number of aliphatic hydroxyl groups is 1. The lowest BCUT2D eigenvalue weighted by Crippen LogP contribution is -2.45. The molecule has 0 aromatic heterocycles. The van der Waals surface area contributed by atoms with Gasteiger partial charge in [0.25, 0.3) is 0 Å². The summed E-state index contributed by atoms with van der Waals surface area (Å²) in [4.78, 5) is 12.2. The van der Waals surface area contributed by atoms with Gasteiger partial charge in [-0.15, -0.1) is 0 Å². The molecule has 4 heteroatoms. The fourth-order valence-electron chi connectivity index (χ4n) is 2.94. The summed E-state index contributed by atoms with van der Waals surface area (Å²) in [5.74, 6) is 0.0435. The van der Waals surface area contributed by atoms with Gasteiger partial charge in [0.2, 0.25) is 5.91 Å². The van der Waals surface area contributed by atoms with Crippen molar-refractivity contribution in [1.82, 2.24) is 5.32 Å². The Labute approximate surface area is 128 Å². The molecule has 20 heavy (non-hydrogen) atoms. The minimum absolute atomic E-state index is 0.0435. The molecule has 0 aliphatic heterocycles. The van der Waals surface area contributed by atoms with Gasteiger partial charge in [-0.3, -0.25) is 4.79 Å². The van der Waals surface area contributed by atoms with Gasteiger partial charge in [-0.25, -0.2) is 0 Å². The van der Waals surface area contributed by atoms with Crippen molar-refractivity contribution >= 4 is 21.8 Å². The van der Waals surface area contributed by atoms with E-state index < -0.39 is 0 Å². The predicted octanol–water partition coefficient (Wildman–Crippen LogP) is 2.97. The molecule has 2 unspecified atom stereocenters. The second-order valence-electron chi connectivity index (χ2n) is 6.07. The highest BCUT2D eigenvalue weighted by molar-refractivity contribution is 9.10. The highest BCUT2D eigenvalue weighted by Crippen LogP contribution is 2.37. The molecule has 1 aliphatic rings. The van der Waals surface area contributed by atoms with Gasteiger partial charge in [-0.2, -0.15) is 0 Å². The minimum Gasteiger partial charge on any atom is -0.396 e. The first-order valence-electron chi connectivity index (χ1n) is 7.10. The molecule has 0 spiro atoms. The number of carbonyl (C=O) groups excluding carboxylic acids is 1. The average Bonchev–Trinajstić information content (AvgIpc) is 2.75. The van der Waals surface area contributed by atoms with E-state index in [9.17, 15) is 9.90 Å². The normalized spacial score (nSPS) is 25.7. The Kier molecular flexibility index (Phi) is 4.86. The third-order valence-electron chi connectivity index (χ3n) is 4.43. The van der Waals surface area contributed by atoms with Gasteiger partial charge in [0.1, 0.15) is 0 Å². The van der Waals surface area contributed by atoms with E-state index >= 15 is 0 Å². The first-order chi connectivity index (χ1) is 9.44. The Morgan fingerprint density at radius 3 is 2.95 bits per heavy atom. The molecule has 110 valence electrons. The van der Waals surface area contributed by atoms with Crippen LogP contribution in [0.3, 0.4) is 0 Å². The Hall–Kier alpha value is -0.870. The van der Waals surface area contributed by atoms with Crippen LogP contribution >= 0.6 is 15.9 Å². The lowest BCUT2D eigenvalue weighted by Gasteiger charge is -2.30. The molecule has 3 nitrogen and oxygen atoms in total. The van der Waals surface area contributed by atoms with Crippen molar-refractivity contribution in [3.05, 3.63) is 33.8 Å². The first-order valence-corrected chi connectivity index (χ1v) is 7.89. The van der Waals surface area contributed by atoms with Crippen molar-refractivity contribution in [2.45, 2.75) is 45.6 Å². The number of benzene rings is 1. The van der Waals surface area contributed by atoms with Gasteiger partial charge in [0.15, 0.2) is 0 Å². The summed E-state index contributed by atoms with van der Waals surface area (Å²) in [6.45, 7) is 4.20. The van der Waals surface area contributed by atoms with Crippen LogP contribution in [-0.4, -0.2) is 23.7 Å². The summed E-state index contributed by atoms with van der Waals surface area (Å²) in [6, 6.07) is 6.06. The SMILES string of the molecule is Cc1cc(Br)ccc1CC(=O)NC1CCCC1(C)CO. The second kappa shape index (κ2) is 6.27. The molecule has 1 amide bonds. The molecular weight excluding hydrogens is 318 g/mol. The summed E-state index contributed by atoms with van der Waals surface area (Å²) in [5, 5.41) is 12.6. The predicted molar refractivity (Wildman–Crippen MR) is 83.6 cm³/mol. The van der Waals surface area contributed by atoms with Crippen molar-refractivity contribution in [3.63, 3.8) is 0 Å². The second-order valence-corrected chi connectivity index (χ2v) is 6.99. The molecule has 1 saturated carbocycles. The summed E-state index contributed by atoms with van der Waals surface area (Å²) in [7, 11) is 0. The third-order valence-corrected chi connectivity index (χ3v) is 4.93. The Balaban J connectivity index is 1.99. The fraction of sp³-hybridized carbons (Fsp3) is 0.562. The lowest BCUT2D eigenvalue weighted by atomic mass is 9.85. The monoisotopic (exact) mass is 339 g/mol. The zero-order valence-corrected chi connectivity index (χ0v) is 13.7. The molecule has 2 N–H and O–H groups in total. The zero-order chi connectivity index (χ0) is 14.8. The van der Waals surface area contributed by atoms with E-state index in [4.69, 9.17) is 0 Å². The molecule has 1 fully saturated rings. The molecule has 0 radical (unpaired) electrons. The van der Waals surface area contributed by atoms with Crippen molar-refractivity contribution in [2.24, 2.45) is 5.41 Å². The highest BCUT2D eigenvalue weighted by Gasteiger charge is 2.38. The van der Waals surface area contributed by atoms with E-state index in [2.05, 4.69) is 28.2 Å². The number of hydrogen-bond donors (Lipinski definition) is 2. The van der Waals surface area contributed by atoms with Crippen LogP contribution in [-0.2, 0) is 11.2 Å². The first kappa shape index (κ1) is 15.5. The van der Waals surface area contributed by atoms with Crippen LogP contribution in [0.4, 0.5) is 0 Å². The van der Waals surface area contributed by atoms with Crippen LogP contribution in [0.2, 0.25) is 0 Å². The van der Waals surface area contributed by atoms with Crippen molar-refractivity contribution < 1.29 is 9.90 Å². The summed E-state index contributed by atoms with van der Waals surface area (Å²) in [5.41, 5.74) is 2.00. The number of aliphatic hydroxyl groups excluding tert-OH is 1. The Morgan fingerprint density at radius 2 is 2.30 bits per heavy atom. The number of aryl methyl sites for hydroxylation is 1. The molecule has 0 heterocycles. The van der Waals surface area contributed by atoms with Gasteiger partial charge >= 0.3 is 0 Å². The maximum Gasteiger partial charge on any atom is 0.224 e. The van der Waals surface area contributed by atoms with Crippen LogP contribution < -0.4 is 5.32 Å². The fourth-order valence-corrected chi connectivity index (χ4v) is 3.42. The van der Waals surface area contributed by atoms with Crippen LogP contribution in [0, 0.1) is 12.3 Å². The maximum absolute atomic E-state index is 12.2. The molecular formula is C16H22BrNO2. The number of carbonyl (C=O) groups is 1. The number of nitrogens with one attached hydrogen (secondary N) is 1. The van der Waals surface area contributed by atoms with E-state index in [0.717, 1.165) is 34.9 Å². The number of rotatable bonds is 4. The van der Waals surface area contributed by atoms with E-state index in [-0.39, 0.29) is 24.0 Å². The molecule has 0 saturated heterocycles.